The van der Waals surface area contributed by atoms with E-state index in [1.807, 2.05) is 36.4 Å². The molecule has 6 nitrogen and oxygen atoms in total. The molecule has 3 atom stereocenters. The Morgan fingerprint density at radius 2 is 1.96 bits per heavy atom. The minimum atomic E-state index is -0.403. The van der Waals surface area contributed by atoms with E-state index in [0.29, 0.717) is 19.6 Å². The van der Waals surface area contributed by atoms with E-state index in [1.165, 1.54) is 7.11 Å². The predicted molar refractivity (Wildman–Crippen MR) is 86.5 cm³/mol. The fourth-order valence-corrected chi connectivity index (χ4v) is 3.25. The van der Waals surface area contributed by atoms with Crippen LogP contribution in [0.5, 0.6) is 5.75 Å². The summed E-state index contributed by atoms with van der Waals surface area (Å²) in [6.07, 6.45) is 4.26. The van der Waals surface area contributed by atoms with Crippen LogP contribution in [0.2, 0.25) is 0 Å². The quantitative estimate of drug-likeness (QED) is 0.470. The van der Waals surface area contributed by atoms with E-state index in [4.69, 9.17) is 14.2 Å². The minimum absolute atomic E-state index is 0.173. The summed E-state index contributed by atoms with van der Waals surface area (Å²) in [6, 6.07) is 9.08. The fraction of sp³-hybridized carbons (Fsp3) is 0.444. The molecule has 0 spiro atoms. The fourth-order valence-electron chi connectivity index (χ4n) is 3.25. The van der Waals surface area contributed by atoms with Gasteiger partial charge in [-0.1, -0.05) is 30.4 Å². The Morgan fingerprint density at radius 1 is 1.17 bits per heavy atom. The van der Waals surface area contributed by atoms with Gasteiger partial charge in [0.1, 0.15) is 19.0 Å². The van der Waals surface area contributed by atoms with E-state index in [0.717, 1.165) is 5.75 Å². The number of hydrogen-bond donors (Lipinski definition) is 0. The Morgan fingerprint density at radius 3 is 2.67 bits per heavy atom. The maximum absolute atomic E-state index is 12.4. The van der Waals surface area contributed by atoms with Crippen molar-refractivity contribution in [3.05, 3.63) is 42.5 Å². The molecule has 128 valence electrons. The summed E-state index contributed by atoms with van der Waals surface area (Å²) in [7, 11) is 1.35. The van der Waals surface area contributed by atoms with Crippen LogP contribution in [0.4, 0.5) is 4.79 Å². The zero-order chi connectivity index (χ0) is 16.9. The molecule has 1 aromatic rings. The molecule has 1 amide bonds. The summed E-state index contributed by atoms with van der Waals surface area (Å²) in [4.78, 5) is 25.8. The first-order valence-electron chi connectivity index (χ1n) is 8.06. The second kappa shape index (κ2) is 7.38. The number of methoxy groups -OCH3 is 1. The second-order valence-electron chi connectivity index (χ2n) is 5.93. The molecule has 1 aliphatic carbocycles. The molecular formula is C18H21NO5. The summed E-state index contributed by atoms with van der Waals surface area (Å²) < 4.78 is 15.6. The van der Waals surface area contributed by atoms with Crippen LogP contribution in [-0.4, -0.2) is 49.9 Å². The van der Waals surface area contributed by atoms with Crippen molar-refractivity contribution in [2.75, 3.05) is 26.9 Å². The van der Waals surface area contributed by atoms with Gasteiger partial charge in [-0.3, -0.25) is 4.79 Å². The zero-order valence-electron chi connectivity index (χ0n) is 13.6. The van der Waals surface area contributed by atoms with Crippen LogP contribution in [0.15, 0.2) is 42.5 Å². The smallest absolute Gasteiger partial charge is 0.410 e. The molecule has 0 unspecified atom stereocenters. The molecule has 1 aromatic carbocycles. The van der Waals surface area contributed by atoms with E-state index in [2.05, 4.69) is 6.08 Å². The lowest BCUT2D eigenvalue weighted by atomic mass is 9.78. The van der Waals surface area contributed by atoms with Crippen LogP contribution < -0.4 is 4.74 Å². The largest absolute Gasteiger partial charge is 0.490 e. The third-order valence-corrected chi connectivity index (χ3v) is 4.39. The molecular weight excluding hydrogens is 310 g/mol. The van der Waals surface area contributed by atoms with Gasteiger partial charge in [0.25, 0.3) is 0 Å². The standard InChI is InChI=1S/C18H21NO5/c1-22-18(21)19-12-13-7-8-16(19)15(11-13)17(20)24-10-9-23-14-5-3-2-4-6-14/h2-8,13,15-16H,9-12H2,1H3/t13-,15+,16+/m1/s1. The van der Waals surface area contributed by atoms with Crippen molar-refractivity contribution in [2.24, 2.45) is 11.8 Å². The van der Waals surface area contributed by atoms with Crippen molar-refractivity contribution in [2.45, 2.75) is 12.5 Å². The molecule has 1 fully saturated rings. The molecule has 0 saturated carbocycles. The summed E-state index contributed by atoms with van der Waals surface area (Å²) in [5.74, 6) is 0.279. The van der Waals surface area contributed by atoms with Gasteiger partial charge in [-0.05, 0) is 24.5 Å². The van der Waals surface area contributed by atoms with Crippen LogP contribution in [0.1, 0.15) is 6.42 Å². The van der Waals surface area contributed by atoms with Crippen LogP contribution in [-0.2, 0) is 14.3 Å². The number of amides is 1. The highest BCUT2D eigenvalue weighted by Gasteiger charge is 2.44. The highest BCUT2D eigenvalue weighted by molar-refractivity contribution is 5.77. The molecule has 6 heteroatoms. The third-order valence-electron chi connectivity index (χ3n) is 4.39. The van der Waals surface area contributed by atoms with Gasteiger partial charge in [-0.15, -0.1) is 0 Å². The van der Waals surface area contributed by atoms with Crippen molar-refractivity contribution < 1.29 is 23.8 Å². The Kier molecular flexibility index (Phi) is 5.03. The lowest BCUT2D eigenvalue weighted by Gasteiger charge is -2.44. The van der Waals surface area contributed by atoms with Gasteiger partial charge < -0.3 is 19.1 Å². The van der Waals surface area contributed by atoms with Crippen molar-refractivity contribution in [1.82, 2.24) is 4.90 Å². The van der Waals surface area contributed by atoms with Crippen LogP contribution >= 0.6 is 0 Å². The molecule has 0 N–H and O–H groups in total. The van der Waals surface area contributed by atoms with E-state index >= 15 is 0 Å². The number of carbonyl (C=O) groups is 2. The molecule has 2 heterocycles. The lowest BCUT2D eigenvalue weighted by molar-refractivity contribution is -0.153. The molecule has 24 heavy (non-hydrogen) atoms. The summed E-state index contributed by atoms with van der Waals surface area (Å²) in [5, 5.41) is 0. The Bertz CT molecular complexity index is 615. The van der Waals surface area contributed by atoms with Gasteiger partial charge in [-0.25, -0.2) is 4.79 Å². The maximum atomic E-state index is 12.4. The van der Waals surface area contributed by atoms with Crippen molar-refractivity contribution >= 4 is 12.1 Å². The summed E-state index contributed by atoms with van der Waals surface area (Å²) in [5.41, 5.74) is 0. The number of carbonyl (C=O) groups excluding carboxylic acids is 2. The summed E-state index contributed by atoms with van der Waals surface area (Å²) >= 11 is 0. The normalized spacial score (nSPS) is 24.5. The van der Waals surface area contributed by atoms with E-state index < -0.39 is 6.09 Å². The number of hydrogen-bond acceptors (Lipinski definition) is 5. The molecule has 2 aliphatic heterocycles. The van der Waals surface area contributed by atoms with Crippen molar-refractivity contribution in [1.29, 1.82) is 0 Å². The average molecular weight is 331 g/mol. The first-order valence-corrected chi connectivity index (χ1v) is 8.06. The number of benzene rings is 1. The highest BCUT2D eigenvalue weighted by Crippen LogP contribution is 2.35. The molecule has 0 aromatic heterocycles. The van der Waals surface area contributed by atoms with Crippen LogP contribution in [0, 0.1) is 11.8 Å². The first-order chi connectivity index (χ1) is 11.7. The molecule has 3 aliphatic rings. The third kappa shape index (κ3) is 3.53. The lowest BCUT2D eigenvalue weighted by Crippen LogP contribution is -2.55. The minimum Gasteiger partial charge on any atom is -0.490 e. The second-order valence-corrected chi connectivity index (χ2v) is 5.93. The van der Waals surface area contributed by atoms with E-state index in [-0.39, 0.29) is 30.5 Å². The number of ether oxygens (including phenoxy) is 3. The highest BCUT2D eigenvalue weighted by atomic mass is 16.6. The Hall–Kier alpha value is -2.50. The van der Waals surface area contributed by atoms with E-state index in [1.54, 1.807) is 4.90 Å². The molecule has 1 saturated heterocycles. The first kappa shape index (κ1) is 16.4. The topological polar surface area (TPSA) is 65.1 Å². The number of fused-ring (bicyclic) bond motifs is 2. The van der Waals surface area contributed by atoms with Gasteiger partial charge in [0.05, 0.1) is 19.1 Å². The van der Waals surface area contributed by atoms with Gasteiger partial charge in [0.15, 0.2) is 0 Å². The molecule has 4 rings (SSSR count). The molecule has 2 bridgehead atoms. The Labute approximate surface area is 141 Å². The van der Waals surface area contributed by atoms with Crippen molar-refractivity contribution in [3.8, 4) is 5.75 Å². The molecule has 0 radical (unpaired) electrons. The van der Waals surface area contributed by atoms with E-state index in [9.17, 15) is 9.59 Å². The van der Waals surface area contributed by atoms with Gasteiger partial charge in [0.2, 0.25) is 0 Å². The van der Waals surface area contributed by atoms with Gasteiger partial charge >= 0.3 is 12.1 Å². The van der Waals surface area contributed by atoms with Gasteiger partial charge in [0, 0.05) is 6.54 Å². The predicted octanol–water partition coefficient (Wildman–Crippen LogP) is 2.25. The maximum Gasteiger partial charge on any atom is 0.410 e. The number of esters is 1. The van der Waals surface area contributed by atoms with Crippen molar-refractivity contribution in [3.63, 3.8) is 0 Å². The van der Waals surface area contributed by atoms with Crippen LogP contribution in [0.25, 0.3) is 0 Å². The monoisotopic (exact) mass is 331 g/mol. The summed E-state index contributed by atoms with van der Waals surface area (Å²) in [6.45, 7) is 1.07. The van der Waals surface area contributed by atoms with Gasteiger partial charge in [-0.2, -0.15) is 0 Å². The average Bonchev–Trinajstić information content (AvgIpc) is 2.65. The zero-order valence-corrected chi connectivity index (χ0v) is 13.6. The SMILES string of the molecule is COC(=O)N1C[C@@H]2C=C[C@H]1[C@@H](C(=O)OCCOc1ccccc1)C2. The number of para-hydroxylation sites is 1. The Balaban J connectivity index is 1.50. The number of rotatable bonds is 5. The number of piperidine rings is 1. The number of nitrogens with zero attached hydrogens (tertiary/aromatic N) is 1. The van der Waals surface area contributed by atoms with Crippen LogP contribution in [0.3, 0.4) is 0 Å².